The minimum atomic E-state index is -0.336. The first kappa shape index (κ1) is 22.5. The van der Waals surface area contributed by atoms with Gasteiger partial charge in [0.25, 0.3) is 0 Å². The first-order valence-corrected chi connectivity index (χ1v) is 12.0. The quantitative estimate of drug-likeness (QED) is 0.280. The molecule has 0 atom stereocenters. The van der Waals surface area contributed by atoms with Crippen LogP contribution in [0.3, 0.4) is 0 Å². The van der Waals surface area contributed by atoms with Crippen molar-refractivity contribution in [3.05, 3.63) is 111 Å². The monoisotopic (exact) mass is 478 g/mol. The van der Waals surface area contributed by atoms with Crippen LogP contribution in [0.1, 0.15) is 16.7 Å². The van der Waals surface area contributed by atoms with E-state index in [0.29, 0.717) is 22.2 Å². The highest BCUT2D eigenvalue weighted by molar-refractivity contribution is 7.13. The summed E-state index contributed by atoms with van der Waals surface area (Å²) in [5.41, 5.74) is 6.48. The summed E-state index contributed by atoms with van der Waals surface area (Å²) in [7, 11) is 0. The van der Waals surface area contributed by atoms with Crippen LogP contribution in [0.25, 0.3) is 38.9 Å². The minimum absolute atomic E-state index is 0.170. The van der Waals surface area contributed by atoms with E-state index in [4.69, 9.17) is 9.40 Å². The predicted molar refractivity (Wildman–Crippen MR) is 143 cm³/mol. The standard InChI is InChI=1S/C29H22N2O3S/c1-18-7-13-26-24(15-18)28(33)21(16-34-26)10-14-27(32)30-22-11-8-20(9-12-22)25-17-35-29(31-25)23-6-4-3-5-19(23)2/h3-17H,1-2H3,(H,30,32)/b14-10+. The number of hydrogen-bond donors (Lipinski definition) is 1. The lowest BCUT2D eigenvalue weighted by molar-refractivity contribution is -0.111. The largest absolute Gasteiger partial charge is 0.463 e. The number of nitrogens with zero attached hydrogens (tertiary/aromatic N) is 1. The fourth-order valence-corrected chi connectivity index (χ4v) is 4.71. The third-order valence-corrected chi connectivity index (χ3v) is 6.57. The Morgan fingerprint density at radius 3 is 2.63 bits per heavy atom. The maximum Gasteiger partial charge on any atom is 0.248 e. The highest BCUT2D eigenvalue weighted by Crippen LogP contribution is 2.31. The van der Waals surface area contributed by atoms with Crippen LogP contribution in [-0.4, -0.2) is 10.9 Å². The van der Waals surface area contributed by atoms with Gasteiger partial charge in [0.15, 0.2) is 5.43 Å². The number of anilines is 1. The van der Waals surface area contributed by atoms with Crippen molar-refractivity contribution in [3.63, 3.8) is 0 Å². The number of fused-ring (bicyclic) bond motifs is 1. The van der Waals surface area contributed by atoms with Crippen molar-refractivity contribution in [2.75, 3.05) is 5.32 Å². The molecular formula is C29H22N2O3S. The molecule has 0 fully saturated rings. The van der Waals surface area contributed by atoms with Crippen LogP contribution in [0.15, 0.2) is 93.7 Å². The van der Waals surface area contributed by atoms with Crippen LogP contribution >= 0.6 is 11.3 Å². The van der Waals surface area contributed by atoms with E-state index in [0.717, 1.165) is 27.4 Å². The van der Waals surface area contributed by atoms with E-state index in [-0.39, 0.29) is 11.3 Å². The third kappa shape index (κ3) is 4.83. The Morgan fingerprint density at radius 2 is 1.83 bits per heavy atom. The second kappa shape index (κ2) is 9.52. The fourth-order valence-electron chi connectivity index (χ4n) is 3.79. The summed E-state index contributed by atoms with van der Waals surface area (Å²) in [6.07, 6.45) is 4.17. The lowest BCUT2D eigenvalue weighted by Crippen LogP contribution is -2.09. The molecule has 0 aliphatic carbocycles. The number of carbonyl (C=O) groups excluding carboxylic acids is 1. The average Bonchev–Trinajstić information content (AvgIpc) is 3.35. The smallest absolute Gasteiger partial charge is 0.248 e. The van der Waals surface area contributed by atoms with Gasteiger partial charge in [0.1, 0.15) is 16.9 Å². The lowest BCUT2D eigenvalue weighted by Gasteiger charge is -2.04. The number of benzene rings is 3. The molecule has 0 saturated heterocycles. The van der Waals surface area contributed by atoms with Gasteiger partial charge in [-0.3, -0.25) is 9.59 Å². The highest BCUT2D eigenvalue weighted by atomic mass is 32.1. The maximum absolute atomic E-state index is 12.7. The first-order valence-electron chi connectivity index (χ1n) is 11.1. The number of aromatic nitrogens is 1. The number of carbonyl (C=O) groups is 1. The van der Waals surface area contributed by atoms with E-state index in [1.54, 1.807) is 23.5 Å². The second-order valence-corrected chi connectivity index (χ2v) is 9.13. The van der Waals surface area contributed by atoms with Gasteiger partial charge in [-0.05, 0) is 49.8 Å². The molecule has 0 unspecified atom stereocenters. The summed E-state index contributed by atoms with van der Waals surface area (Å²) in [4.78, 5) is 29.9. The van der Waals surface area contributed by atoms with Gasteiger partial charge < -0.3 is 9.73 Å². The Hall–Kier alpha value is -4.29. The molecule has 6 heteroatoms. The first-order chi connectivity index (χ1) is 17.0. The summed E-state index contributed by atoms with van der Waals surface area (Å²) in [6, 6.07) is 21.2. The molecule has 172 valence electrons. The predicted octanol–water partition coefficient (Wildman–Crippen LogP) is 6.85. The summed E-state index contributed by atoms with van der Waals surface area (Å²) in [5, 5.41) is 6.33. The Morgan fingerprint density at radius 1 is 1.03 bits per heavy atom. The molecule has 2 aromatic heterocycles. The fraction of sp³-hybridized carbons (Fsp3) is 0.0690. The maximum atomic E-state index is 12.7. The van der Waals surface area contributed by atoms with E-state index in [1.165, 1.54) is 24.0 Å². The normalized spacial score (nSPS) is 11.3. The number of thiazole rings is 1. The van der Waals surface area contributed by atoms with Crippen molar-refractivity contribution in [2.24, 2.45) is 0 Å². The molecule has 2 heterocycles. The number of hydrogen-bond acceptors (Lipinski definition) is 5. The Kier molecular flexibility index (Phi) is 6.12. The Balaban J connectivity index is 1.28. The van der Waals surface area contributed by atoms with E-state index in [9.17, 15) is 9.59 Å². The van der Waals surface area contributed by atoms with Gasteiger partial charge in [-0.2, -0.15) is 0 Å². The highest BCUT2D eigenvalue weighted by Gasteiger charge is 2.09. The van der Waals surface area contributed by atoms with Crippen molar-refractivity contribution >= 4 is 40.0 Å². The number of nitrogens with one attached hydrogen (secondary N) is 1. The van der Waals surface area contributed by atoms with E-state index in [2.05, 4.69) is 24.4 Å². The zero-order valence-corrected chi connectivity index (χ0v) is 20.1. The van der Waals surface area contributed by atoms with Gasteiger partial charge in [0, 0.05) is 28.3 Å². The summed E-state index contributed by atoms with van der Waals surface area (Å²) in [6.45, 7) is 3.99. The SMILES string of the molecule is Cc1ccc2occ(/C=C/C(=O)Nc3ccc(-c4csc(-c5ccccc5C)n4)cc3)c(=O)c2c1. The van der Waals surface area contributed by atoms with Crippen LogP contribution in [0.4, 0.5) is 5.69 Å². The number of aryl methyl sites for hydroxylation is 2. The summed E-state index contributed by atoms with van der Waals surface area (Å²) in [5.74, 6) is -0.336. The van der Waals surface area contributed by atoms with Crippen LogP contribution in [-0.2, 0) is 4.79 Å². The molecule has 35 heavy (non-hydrogen) atoms. The third-order valence-electron chi connectivity index (χ3n) is 5.70. The number of rotatable bonds is 5. The minimum Gasteiger partial charge on any atom is -0.463 e. The van der Waals surface area contributed by atoms with Crippen molar-refractivity contribution in [1.29, 1.82) is 0 Å². The Bertz CT molecular complexity index is 1630. The molecule has 0 aliphatic heterocycles. The summed E-state index contributed by atoms with van der Waals surface area (Å²) >= 11 is 1.61. The zero-order valence-electron chi connectivity index (χ0n) is 19.2. The molecule has 0 aliphatic rings. The molecule has 1 amide bonds. The second-order valence-electron chi connectivity index (χ2n) is 8.27. The molecule has 5 nitrogen and oxygen atoms in total. The van der Waals surface area contributed by atoms with Crippen LogP contribution in [0.5, 0.6) is 0 Å². The topological polar surface area (TPSA) is 72.2 Å². The van der Waals surface area contributed by atoms with E-state index >= 15 is 0 Å². The van der Waals surface area contributed by atoms with Crippen LogP contribution in [0.2, 0.25) is 0 Å². The Labute approximate surface area is 206 Å². The molecule has 3 aromatic carbocycles. The average molecular weight is 479 g/mol. The molecule has 1 N–H and O–H groups in total. The zero-order chi connectivity index (χ0) is 24.4. The summed E-state index contributed by atoms with van der Waals surface area (Å²) < 4.78 is 5.53. The van der Waals surface area contributed by atoms with Crippen molar-refractivity contribution < 1.29 is 9.21 Å². The van der Waals surface area contributed by atoms with Gasteiger partial charge in [0.2, 0.25) is 5.91 Å². The molecule has 5 aromatic rings. The van der Waals surface area contributed by atoms with Crippen molar-refractivity contribution in [2.45, 2.75) is 13.8 Å². The van der Waals surface area contributed by atoms with Crippen molar-refractivity contribution in [3.8, 4) is 21.8 Å². The molecular weight excluding hydrogens is 456 g/mol. The van der Waals surface area contributed by atoms with Gasteiger partial charge in [0.05, 0.1) is 16.6 Å². The lowest BCUT2D eigenvalue weighted by atomic mass is 10.1. The van der Waals surface area contributed by atoms with Gasteiger partial charge in [-0.1, -0.05) is 48.0 Å². The van der Waals surface area contributed by atoms with Gasteiger partial charge in [-0.25, -0.2) is 4.98 Å². The van der Waals surface area contributed by atoms with Gasteiger partial charge >= 0.3 is 0 Å². The van der Waals surface area contributed by atoms with Crippen LogP contribution in [0, 0.1) is 13.8 Å². The molecule has 0 saturated carbocycles. The molecule has 0 bridgehead atoms. The van der Waals surface area contributed by atoms with Crippen LogP contribution < -0.4 is 10.7 Å². The van der Waals surface area contributed by atoms with Gasteiger partial charge in [-0.15, -0.1) is 11.3 Å². The van der Waals surface area contributed by atoms with E-state index < -0.39 is 0 Å². The number of amides is 1. The van der Waals surface area contributed by atoms with Crippen molar-refractivity contribution in [1.82, 2.24) is 4.98 Å². The molecule has 5 rings (SSSR count). The molecule has 0 radical (unpaired) electrons. The van der Waals surface area contributed by atoms with E-state index in [1.807, 2.05) is 54.8 Å². The molecule has 0 spiro atoms.